The Morgan fingerprint density at radius 1 is 1.44 bits per heavy atom. The molecule has 0 aromatic heterocycles. The van der Waals surface area contributed by atoms with Crippen molar-refractivity contribution in [2.75, 3.05) is 13.9 Å². The Morgan fingerprint density at radius 2 is 2.11 bits per heavy atom. The van der Waals surface area contributed by atoms with E-state index in [4.69, 9.17) is 14.2 Å². The summed E-state index contributed by atoms with van der Waals surface area (Å²) in [6, 6.07) is 5.05. The molecule has 0 aliphatic carbocycles. The van der Waals surface area contributed by atoms with Crippen LogP contribution in [0.3, 0.4) is 0 Å². The van der Waals surface area contributed by atoms with Gasteiger partial charge in [0, 0.05) is 39.0 Å². The van der Waals surface area contributed by atoms with Gasteiger partial charge in [-0.2, -0.15) is 0 Å². The molecule has 98 valence electrons. The molecule has 0 amide bonds. The zero-order chi connectivity index (χ0) is 13.3. The molecule has 1 aromatic rings. The van der Waals surface area contributed by atoms with Gasteiger partial charge in [-0.3, -0.25) is 10.1 Å². The molecule has 0 spiro atoms. The summed E-state index contributed by atoms with van der Waals surface area (Å²) in [6.07, 6.45) is -0.818. The van der Waals surface area contributed by atoms with Crippen molar-refractivity contribution < 1.29 is 19.1 Å². The topological polar surface area (TPSA) is 70.8 Å². The number of fused-ring (bicyclic) bond motifs is 1. The average Bonchev–Trinajstić information content (AvgIpc) is 2.76. The molecule has 1 aliphatic heterocycles. The van der Waals surface area contributed by atoms with Crippen LogP contribution >= 0.6 is 31.9 Å². The van der Waals surface area contributed by atoms with Crippen molar-refractivity contribution >= 4 is 31.9 Å². The first-order chi connectivity index (χ1) is 8.46. The first-order valence-corrected chi connectivity index (χ1v) is 6.50. The van der Waals surface area contributed by atoms with Crippen molar-refractivity contribution in [3.63, 3.8) is 0 Å². The van der Waals surface area contributed by atoms with Crippen molar-refractivity contribution in [2.24, 2.45) is 0 Å². The summed E-state index contributed by atoms with van der Waals surface area (Å²) in [4.78, 5) is 10.5. The van der Waals surface area contributed by atoms with Crippen LogP contribution < -0.4 is 9.47 Å². The highest BCUT2D eigenvalue weighted by Crippen LogP contribution is 2.44. The molecule has 2 rings (SSSR count). The number of nitrogens with zero attached hydrogens (tertiary/aromatic N) is 1. The Bertz CT molecular complexity index is 479. The maximum Gasteiger partial charge on any atom is 0.356 e. The van der Waals surface area contributed by atoms with Crippen LogP contribution in [0.25, 0.3) is 0 Å². The lowest BCUT2D eigenvalue weighted by molar-refractivity contribution is -0.517. The van der Waals surface area contributed by atoms with Crippen LogP contribution in [0.4, 0.5) is 0 Å². The van der Waals surface area contributed by atoms with Crippen LogP contribution in [-0.2, 0) is 4.74 Å². The Hall–Kier alpha value is -0.860. The Morgan fingerprint density at radius 3 is 2.72 bits per heavy atom. The maximum absolute atomic E-state index is 11.0. The Kier molecular flexibility index (Phi) is 3.79. The van der Waals surface area contributed by atoms with E-state index in [0.717, 1.165) is 0 Å². The van der Waals surface area contributed by atoms with Crippen LogP contribution in [0.2, 0.25) is 0 Å². The van der Waals surface area contributed by atoms with Crippen molar-refractivity contribution in [3.8, 4) is 11.5 Å². The highest BCUT2D eigenvalue weighted by Gasteiger charge is 2.47. The van der Waals surface area contributed by atoms with E-state index in [9.17, 15) is 10.1 Å². The second-order valence-corrected chi connectivity index (χ2v) is 7.06. The molecule has 1 aliphatic rings. The van der Waals surface area contributed by atoms with E-state index in [1.165, 1.54) is 7.11 Å². The molecule has 0 radical (unpaired) electrons. The summed E-state index contributed by atoms with van der Waals surface area (Å²) in [6.45, 7) is 0.152. The van der Waals surface area contributed by atoms with E-state index < -0.39 is 14.4 Å². The van der Waals surface area contributed by atoms with Gasteiger partial charge in [0.15, 0.2) is 17.6 Å². The minimum Gasteiger partial charge on any atom is -0.454 e. The quantitative estimate of drug-likeness (QED) is 0.346. The molecule has 0 saturated carbocycles. The summed E-state index contributed by atoms with van der Waals surface area (Å²) in [5, 5.41) is 11.0. The van der Waals surface area contributed by atoms with E-state index in [1.54, 1.807) is 18.2 Å². The van der Waals surface area contributed by atoms with Gasteiger partial charge in [-0.1, -0.05) is 6.07 Å². The standard InChI is InChI=1S/C10H9Br2NO5/c1-16-9(10(11,12)13(14)15)6-2-3-7-8(4-6)18-5-17-7/h2-4,9H,5H2,1H3. The maximum atomic E-state index is 11.0. The minimum atomic E-state index is -1.59. The van der Waals surface area contributed by atoms with E-state index in [0.29, 0.717) is 17.1 Å². The second kappa shape index (κ2) is 5.02. The highest BCUT2D eigenvalue weighted by atomic mass is 79.9. The molecule has 1 aromatic carbocycles. The summed E-state index contributed by atoms with van der Waals surface area (Å²) >= 11 is 6.02. The number of hydrogen-bond donors (Lipinski definition) is 0. The monoisotopic (exact) mass is 381 g/mol. The van der Waals surface area contributed by atoms with Crippen LogP contribution in [0.5, 0.6) is 11.5 Å². The van der Waals surface area contributed by atoms with Crippen molar-refractivity contribution in [1.29, 1.82) is 0 Å². The molecule has 1 unspecified atom stereocenters. The van der Waals surface area contributed by atoms with Gasteiger partial charge in [0.25, 0.3) is 0 Å². The lowest BCUT2D eigenvalue weighted by Gasteiger charge is -2.22. The molecule has 0 saturated heterocycles. The summed E-state index contributed by atoms with van der Waals surface area (Å²) in [5.74, 6) is 1.16. The zero-order valence-electron chi connectivity index (χ0n) is 9.26. The van der Waals surface area contributed by atoms with Crippen LogP contribution in [0.1, 0.15) is 11.7 Å². The van der Waals surface area contributed by atoms with Crippen LogP contribution in [0.15, 0.2) is 18.2 Å². The van der Waals surface area contributed by atoms with E-state index in [1.807, 2.05) is 0 Å². The SMILES string of the molecule is COC(c1ccc2c(c1)OCO2)C(Br)(Br)[N+](=O)[O-]. The van der Waals surface area contributed by atoms with Gasteiger partial charge in [-0.05, 0) is 17.7 Å². The zero-order valence-corrected chi connectivity index (χ0v) is 12.4. The van der Waals surface area contributed by atoms with Crippen molar-refractivity contribution in [2.45, 2.75) is 9.46 Å². The first-order valence-electron chi connectivity index (χ1n) is 4.91. The average molecular weight is 383 g/mol. The first kappa shape index (κ1) is 13.6. The van der Waals surface area contributed by atoms with Gasteiger partial charge in [0.2, 0.25) is 6.79 Å². The lowest BCUT2D eigenvalue weighted by atomic mass is 10.1. The summed E-state index contributed by atoms with van der Waals surface area (Å²) < 4.78 is 14.0. The third-order valence-corrected chi connectivity index (χ3v) is 3.90. The molecule has 1 heterocycles. The number of hydrogen-bond acceptors (Lipinski definition) is 5. The molecule has 8 heteroatoms. The molecule has 18 heavy (non-hydrogen) atoms. The van der Waals surface area contributed by atoms with Gasteiger partial charge in [-0.25, -0.2) is 0 Å². The van der Waals surface area contributed by atoms with E-state index in [2.05, 4.69) is 31.9 Å². The van der Waals surface area contributed by atoms with Crippen LogP contribution in [-0.4, -0.2) is 22.2 Å². The second-order valence-electron chi connectivity index (χ2n) is 3.57. The number of nitro groups is 1. The predicted molar refractivity (Wildman–Crippen MR) is 69.9 cm³/mol. The fraction of sp³-hybridized carbons (Fsp3) is 0.400. The normalized spacial score (nSPS) is 15.5. The predicted octanol–water partition coefficient (Wildman–Crippen LogP) is 2.82. The summed E-state index contributed by atoms with van der Waals surface area (Å²) in [5.41, 5.74) is 0.604. The number of methoxy groups -OCH3 is 1. The van der Waals surface area contributed by atoms with E-state index >= 15 is 0 Å². The fourth-order valence-electron chi connectivity index (χ4n) is 1.65. The summed E-state index contributed by atoms with van der Waals surface area (Å²) in [7, 11) is 1.40. The Labute approximate surface area is 120 Å². The lowest BCUT2D eigenvalue weighted by Crippen LogP contribution is -2.32. The molecule has 6 nitrogen and oxygen atoms in total. The highest BCUT2D eigenvalue weighted by molar-refractivity contribution is 9.25. The minimum absolute atomic E-state index is 0.152. The van der Waals surface area contributed by atoms with E-state index in [-0.39, 0.29) is 6.79 Å². The molecule has 1 atom stereocenters. The number of alkyl halides is 2. The van der Waals surface area contributed by atoms with Gasteiger partial charge in [-0.15, -0.1) is 0 Å². The van der Waals surface area contributed by atoms with Crippen LogP contribution in [0, 0.1) is 10.1 Å². The largest absolute Gasteiger partial charge is 0.454 e. The third kappa shape index (κ3) is 2.32. The molecule has 0 N–H and O–H groups in total. The number of halogens is 2. The fourth-order valence-corrected chi connectivity index (χ4v) is 2.55. The molecule has 0 fully saturated rings. The van der Waals surface area contributed by atoms with Crippen molar-refractivity contribution in [1.82, 2.24) is 0 Å². The number of rotatable bonds is 4. The third-order valence-electron chi connectivity index (χ3n) is 2.49. The smallest absolute Gasteiger partial charge is 0.356 e. The van der Waals surface area contributed by atoms with Gasteiger partial charge in [0.05, 0.1) is 4.92 Å². The number of benzene rings is 1. The van der Waals surface area contributed by atoms with Gasteiger partial charge in [0.1, 0.15) is 0 Å². The Balaban J connectivity index is 2.36. The molecule has 0 bridgehead atoms. The molecular formula is C10H9Br2NO5. The van der Waals surface area contributed by atoms with Gasteiger partial charge < -0.3 is 14.2 Å². The van der Waals surface area contributed by atoms with Gasteiger partial charge >= 0.3 is 3.36 Å². The number of ether oxygens (including phenoxy) is 3. The molecular weight excluding hydrogens is 374 g/mol. The van der Waals surface area contributed by atoms with Crippen molar-refractivity contribution in [3.05, 3.63) is 33.9 Å².